The minimum Gasteiger partial charge on any atom is -0.376 e. The van der Waals surface area contributed by atoms with Crippen LogP contribution in [0, 0.1) is 11.8 Å². The molecule has 3 atom stereocenters. The van der Waals surface area contributed by atoms with Gasteiger partial charge in [-0.3, -0.25) is 4.99 Å². The lowest BCUT2D eigenvalue weighted by Gasteiger charge is -2.36. The van der Waals surface area contributed by atoms with Gasteiger partial charge in [-0.2, -0.15) is 0 Å². The molecule has 0 aliphatic carbocycles. The topological polar surface area (TPSA) is 49.3 Å². The summed E-state index contributed by atoms with van der Waals surface area (Å²) in [5, 5.41) is 3.50. The van der Waals surface area contributed by atoms with Crippen molar-refractivity contribution in [1.82, 2.24) is 15.1 Å². The van der Waals surface area contributed by atoms with E-state index in [1.807, 2.05) is 0 Å². The molecule has 3 aliphatic heterocycles. The Morgan fingerprint density at radius 3 is 2.47 bits per heavy atom. The third kappa shape index (κ3) is 8.79. The molecule has 3 unspecified atom stereocenters. The minimum atomic E-state index is 0. The van der Waals surface area contributed by atoms with Crippen LogP contribution in [0.15, 0.2) is 4.99 Å². The van der Waals surface area contributed by atoms with Crippen molar-refractivity contribution in [2.24, 2.45) is 16.8 Å². The van der Waals surface area contributed by atoms with Crippen LogP contribution in [-0.2, 0) is 9.47 Å². The Morgan fingerprint density at radius 1 is 1.10 bits per heavy atom. The van der Waals surface area contributed by atoms with Gasteiger partial charge in [0.15, 0.2) is 5.96 Å². The van der Waals surface area contributed by atoms with Crippen molar-refractivity contribution in [3.05, 3.63) is 0 Å². The Labute approximate surface area is 201 Å². The molecule has 3 rings (SSSR count). The highest BCUT2D eigenvalue weighted by atomic mass is 127. The number of halogens is 1. The monoisotopic (exact) mass is 536 g/mol. The Morgan fingerprint density at radius 2 is 1.83 bits per heavy atom. The van der Waals surface area contributed by atoms with Crippen molar-refractivity contribution >= 4 is 29.9 Å². The molecule has 3 fully saturated rings. The zero-order chi connectivity index (χ0) is 20.5. The van der Waals surface area contributed by atoms with Gasteiger partial charge in [0.1, 0.15) is 0 Å². The molecule has 0 amide bonds. The van der Waals surface area contributed by atoms with Gasteiger partial charge in [-0.05, 0) is 57.3 Å². The van der Waals surface area contributed by atoms with Crippen LogP contribution < -0.4 is 5.32 Å². The molecule has 30 heavy (non-hydrogen) atoms. The van der Waals surface area contributed by atoms with Gasteiger partial charge in [-0.1, -0.05) is 13.8 Å². The number of likely N-dealkylation sites (tertiary alicyclic amines) is 2. The summed E-state index contributed by atoms with van der Waals surface area (Å²) in [7, 11) is 0. The quantitative estimate of drug-likeness (QED) is 0.306. The minimum absolute atomic E-state index is 0. The summed E-state index contributed by atoms with van der Waals surface area (Å²) in [5.41, 5.74) is 0. The lowest BCUT2D eigenvalue weighted by Crippen LogP contribution is -2.47. The molecule has 0 aromatic carbocycles. The zero-order valence-electron chi connectivity index (χ0n) is 19.5. The van der Waals surface area contributed by atoms with E-state index in [4.69, 9.17) is 14.5 Å². The fraction of sp³-hybridized carbons (Fsp3) is 0.957. The van der Waals surface area contributed by atoms with Crippen LogP contribution in [0.5, 0.6) is 0 Å². The Kier molecular flexibility index (Phi) is 12.3. The van der Waals surface area contributed by atoms with E-state index in [1.54, 1.807) is 0 Å². The first kappa shape index (κ1) is 26.1. The fourth-order valence-electron chi connectivity index (χ4n) is 5.11. The van der Waals surface area contributed by atoms with Crippen molar-refractivity contribution in [1.29, 1.82) is 0 Å². The van der Waals surface area contributed by atoms with Crippen LogP contribution in [0.4, 0.5) is 0 Å². The number of hydrogen-bond donors (Lipinski definition) is 1. The Bertz CT molecular complexity index is 484. The Balaban J connectivity index is 0.00000320. The van der Waals surface area contributed by atoms with E-state index in [1.165, 1.54) is 32.4 Å². The molecule has 1 N–H and O–H groups in total. The van der Waals surface area contributed by atoms with Crippen LogP contribution in [0.25, 0.3) is 0 Å². The van der Waals surface area contributed by atoms with Crippen molar-refractivity contribution in [3.8, 4) is 0 Å². The zero-order valence-corrected chi connectivity index (χ0v) is 21.8. The molecule has 3 aliphatic rings. The molecule has 0 saturated carbocycles. The highest BCUT2D eigenvalue weighted by Crippen LogP contribution is 2.21. The summed E-state index contributed by atoms with van der Waals surface area (Å²) in [6, 6.07) is 0. The van der Waals surface area contributed by atoms with Gasteiger partial charge in [0.2, 0.25) is 0 Å². The van der Waals surface area contributed by atoms with Crippen molar-refractivity contribution < 1.29 is 9.47 Å². The highest BCUT2D eigenvalue weighted by Gasteiger charge is 2.24. The third-order valence-electron chi connectivity index (χ3n) is 6.49. The molecular formula is C23H45IN4O2. The number of nitrogens with one attached hydrogen (secondary N) is 1. The summed E-state index contributed by atoms with van der Waals surface area (Å²) in [6.45, 7) is 16.0. The van der Waals surface area contributed by atoms with Crippen molar-refractivity contribution in [2.45, 2.75) is 71.5 Å². The van der Waals surface area contributed by atoms with Gasteiger partial charge in [0.05, 0.1) is 25.4 Å². The fourth-order valence-corrected chi connectivity index (χ4v) is 5.11. The largest absolute Gasteiger partial charge is 0.376 e. The molecule has 3 saturated heterocycles. The standard InChI is InChI=1S/C23H44N4O2.HI/c1-4-24-23(25-10-13-26-16-19(2)15-20(3)17-26)27-11-8-21(9-12-27)29-18-22-7-5-6-14-28-22;/h19-22H,4-18H2,1-3H3,(H,24,25);1H. The first-order chi connectivity index (χ1) is 14.1. The van der Waals surface area contributed by atoms with E-state index in [0.29, 0.717) is 12.2 Å². The van der Waals surface area contributed by atoms with E-state index >= 15 is 0 Å². The highest BCUT2D eigenvalue weighted by molar-refractivity contribution is 14.0. The molecule has 0 aromatic heterocycles. The van der Waals surface area contributed by atoms with Gasteiger partial charge in [0.25, 0.3) is 0 Å². The first-order valence-electron chi connectivity index (χ1n) is 12.1. The summed E-state index contributed by atoms with van der Waals surface area (Å²) in [5.74, 6) is 2.71. The van der Waals surface area contributed by atoms with Crippen LogP contribution >= 0.6 is 24.0 Å². The second-order valence-electron chi connectivity index (χ2n) is 9.45. The number of rotatable bonds is 7. The number of piperidine rings is 2. The molecule has 6 nitrogen and oxygen atoms in total. The van der Waals surface area contributed by atoms with Crippen LogP contribution in [-0.4, -0.2) is 87.0 Å². The normalized spacial score (nSPS) is 29.5. The SMILES string of the molecule is CCNC(=NCCN1CC(C)CC(C)C1)N1CCC(OCC2CCCCO2)CC1.I. The van der Waals surface area contributed by atoms with E-state index in [-0.39, 0.29) is 24.0 Å². The van der Waals surface area contributed by atoms with Gasteiger partial charge >= 0.3 is 0 Å². The number of aliphatic imine (C=N–C) groups is 1. The number of nitrogens with zero attached hydrogens (tertiary/aromatic N) is 3. The Hall–Kier alpha value is -0.120. The molecule has 0 bridgehead atoms. The third-order valence-corrected chi connectivity index (χ3v) is 6.49. The molecule has 176 valence electrons. The lowest BCUT2D eigenvalue weighted by atomic mass is 9.92. The number of hydrogen-bond acceptors (Lipinski definition) is 4. The van der Waals surface area contributed by atoms with E-state index in [9.17, 15) is 0 Å². The summed E-state index contributed by atoms with van der Waals surface area (Å²) < 4.78 is 12.0. The van der Waals surface area contributed by atoms with Crippen LogP contribution in [0.3, 0.4) is 0 Å². The summed E-state index contributed by atoms with van der Waals surface area (Å²) >= 11 is 0. The predicted octanol–water partition coefficient (Wildman–Crippen LogP) is 3.60. The molecule has 3 heterocycles. The molecule has 0 radical (unpaired) electrons. The van der Waals surface area contributed by atoms with Crippen LogP contribution in [0.2, 0.25) is 0 Å². The van der Waals surface area contributed by atoms with E-state index in [2.05, 4.69) is 35.9 Å². The summed E-state index contributed by atoms with van der Waals surface area (Å²) in [6.07, 6.45) is 7.87. The number of ether oxygens (including phenoxy) is 2. The van der Waals surface area contributed by atoms with Gasteiger partial charge in [-0.25, -0.2) is 0 Å². The van der Waals surface area contributed by atoms with Gasteiger partial charge in [-0.15, -0.1) is 24.0 Å². The predicted molar refractivity (Wildman–Crippen MR) is 135 cm³/mol. The molecule has 0 aromatic rings. The number of guanidine groups is 1. The first-order valence-corrected chi connectivity index (χ1v) is 12.1. The van der Waals surface area contributed by atoms with Crippen molar-refractivity contribution in [3.63, 3.8) is 0 Å². The van der Waals surface area contributed by atoms with E-state index in [0.717, 1.165) is 83.0 Å². The van der Waals surface area contributed by atoms with E-state index < -0.39 is 0 Å². The summed E-state index contributed by atoms with van der Waals surface area (Å²) in [4.78, 5) is 9.97. The average molecular weight is 537 g/mol. The molecular weight excluding hydrogens is 491 g/mol. The van der Waals surface area contributed by atoms with Crippen molar-refractivity contribution in [2.75, 3.05) is 59.0 Å². The maximum absolute atomic E-state index is 6.17. The van der Waals surface area contributed by atoms with Crippen LogP contribution in [0.1, 0.15) is 59.3 Å². The average Bonchev–Trinajstić information content (AvgIpc) is 2.72. The second kappa shape index (κ2) is 14.1. The maximum atomic E-state index is 6.17. The smallest absolute Gasteiger partial charge is 0.193 e. The van der Waals surface area contributed by atoms with Gasteiger partial charge < -0.3 is 24.6 Å². The molecule has 7 heteroatoms. The molecule has 0 spiro atoms. The lowest BCUT2D eigenvalue weighted by molar-refractivity contribution is -0.0721. The van der Waals surface area contributed by atoms with Gasteiger partial charge in [0, 0.05) is 45.9 Å². The second-order valence-corrected chi connectivity index (χ2v) is 9.45. The maximum Gasteiger partial charge on any atom is 0.193 e.